The van der Waals surface area contributed by atoms with E-state index in [-0.39, 0.29) is 6.61 Å². The molecule has 2 rings (SSSR count). The number of aliphatic carboxylic acids is 1. The first-order valence-corrected chi connectivity index (χ1v) is 5.88. The minimum Gasteiger partial charge on any atom is -0.479 e. The molecule has 0 spiro atoms. The number of hydrogen-bond acceptors (Lipinski definition) is 5. The smallest absolute Gasteiger partial charge is 0.332 e. The van der Waals surface area contributed by atoms with Crippen LogP contribution in [0.1, 0.15) is 12.6 Å². The molecule has 0 bridgehead atoms. The van der Waals surface area contributed by atoms with Crippen LogP contribution in [0.25, 0.3) is 10.6 Å². The molecule has 90 valence electrons. The zero-order valence-corrected chi connectivity index (χ0v) is 9.94. The van der Waals surface area contributed by atoms with Gasteiger partial charge in [-0.2, -0.15) is 0 Å². The van der Waals surface area contributed by atoms with E-state index >= 15 is 0 Å². The topological polar surface area (TPSA) is 72.6 Å². The third-order valence-electron chi connectivity index (χ3n) is 2.15. The third kappa shape index (κ3) is 2.92. The fraction of sp³-hybridized carbons (Fsp3) is 0.273. The van der Waals surface area contributed by atoms with Crippen LogP contribution in [0.3, 0.4) is 0 Å². The number of carbonyl (C=O) groups is 1. The van der Waals surface area contributed by atoms with Crippen molar-refractivity contribution in [1.29, 1.82) is 0 Å². The molecule has 0 saturated carbocycles. The van der Waals surface area contributed by atoms with Crippen molar-refractivity contribution in [3.05, 3.63) is 29.3 Å². The zero-order chi connectivity index (χ0) is 12.3. The minimum absolute atomic E-state index is 0.127. The fourth-order valence-corrected chi connectivity index (χ4v) is 1.87. The number of carboxylic acids is 1. The molecule has 2 aromatic heterocycles. The maximum Gasteiger partial charge on any atom is 0.332 e. The van der Waals surface area contributed by atoms with Gasteiger partial charge in [-0.1, -0.05) is 11.2 Å². The maximum absolute atomic E-state index is 10.5. The summed E-state index contributed by atoms with van der Waals surface area (Å²) in [5.74, 6) is -0.325. The van der Waals surface area contributed by atoms with E-state index in [2.05, 4.69) is 5.16 Å². The first-order valence-electron chi connectivity index (χ1n) is 5.00. The number of carboxylic acid groups (broad SMARTS) is 1. The van der Waals surface area contributed by atoms with Crippen molar-refractivity contribution >= 4 is 17.3 Å². The Kier molecular flexibility index (Phi) is 3.55. The van der Waals surface area contributed by atoms with E-state index in [0.717, 1.165) is 4.88 Å². The predicted octanol–water partition coefficient (Wildman–Crippen LogP) is 2.39. The molecule has 0 aromatic carbocycles. The largest absolute Gasteiger partial charge is 0.479 e. The second-order valence-corrected chi connectivity index (χ2v) is 4.40. The van der Waals surface area contributed by atoms with Gasteiger partial charge >= 0.3 is 5.97 Å². The maximum atomic E-state index is 10.5. The van der Waals surface area contributed by atoms with Crippen LogP contribution in [0.15, 0.2) is 28.1 Å². The first kappa shape index (κ1) is 11.8. The van der Waals surface area contributed by atoms with Gasteiger partial charge in [0.05, 0.1) is 11.5 Å². The SMILES string of the molecule is C[C@H](OCc1cc(-c2cccs2)on1)C(=O)O. The molecule has 0 saturated heterocycles. The van der Waals surface area contributed by atoms with Crippen molar-refractivity contribution in [2.45, 2.75) is 19.6 Å². The number of ether oxygens (including phenoxy) is 1. The number of thiophene rings is 1. The number of rotatable bonds is 5. The Labute approximate surface area is 102 Å². The highest BCUT2D eigenvalue weighted by molar-refractivity contribution is 7.13. The molecule has 1 N–H and O–H groups in total. The molecule has 6 heteroatoms. The van der Waals surface area contributed by atoms with Crippen molar-refractivity contribution in [3.8, 4) is 10.6 Å². The standard InChI is InChI=1S/C11H11NO4S/c1-7(11(13)14)15-6-8-5-9(16-12-8)10-3-2-4-17-10/h2-5,7H,6H2,1H3,(H,13,14)/t7-/m0/s1. The molecule has 5 nitrogen and oxygen atoms in total. The highest BCUT2D eigenvalue weighted by Gasteiger charge is 2.13. The van der Waals surface area contributed by atoms with Crippen molar-refractivity contribution in [2.24, 2.45) is 0 Å². The van der Waals surface area contributed by atoms with Gasteiger partial charge in [-0.05, 0) is 18.4 Å². The van der Waals surface area contributed by atoms with Crippen molar-refractivity contribution in [3.63, 3.8) is 0 Å². The quantitative estimate of drug-likeness (QED) is 0.885. The Balaban J connectivity index is 1.97. The van der Waals surface area contributed by atoms with Crippen LogP contribution < -0.4 is 0 Å². The summed E-state index contributed by atoms with van der Waals surface area (Å²) in [6, 6.07) is 5.60. The average molecular weight is 253 g/mol. The molecule has 0 radical (unpaired) electrons. The molecule has 0 fully saturated rings. The molecule has 17 heavy (non-hydrogen) atoms. The summed E-state index contributed by atoms with van der Waals surface area (Å²) in [6.07, 6.45) is -0.850. The second kappa shape index (κ2) is 5.11. The summed E-state index contributed by atoms with van der Waals surface area (Å²) >= 11 is 1.55. The Bertz CT molecular complexity index is 491. The van der Waals surface area contributed by atoms with Gasteiger partial charge in [-0.3, -0.25) is 0 Å². The highest BCUT2D eigenvalue weighted by atomic mass is 32.1. The van der Waals surface area contributed by atoms with Gasteiger partial charge in [0, 0.05) is 6.07 Å². The lowest BCUT2D eigenvalue weighted by Crippen LogP contribution is -2.19. The molecular formula is C11H11NO4S. The summed E-state index contributed by atoms with van der Waals surface area (Å²) in [5, 5.41) is 14.4. The van der Waals surface area contributed by atoms with Crippen molar-refractivity contribution in [1.82, 2.24) is 5.16 Å². The molecule has 0 amide bonds. The normalized spacial score (nSPS) is 12.5. The molecule has 0 aliphatic carbocycles. The highest BCUT2D eigenvalue weighted by Crippen LogP contribution is 2.25. The van der Waals surface area contributed by atoms with Crippen LogP contribution in [0.4, 0.5) is 0 Å². The van der Waals surface area contributed by atoms with Crippen LogP contribution in [-0.2, 0) is 16.1 Å². The van der Waals surface area contributed by atoms with Gasteiger partial charge in [-0.15, -0.1) is 11.3 Å². The second-order valence-electron chi connectivity index (χ2n) is 3.45. The van der Waals surface area contributed by atoms with Crippen molar-refractivity contribution in [2.75, 3.05) is 0 Å². The Hall–Kier alpha value is -1.66. The molecule has 2 heterocycles. The van der Waals surface area contributed by atoms with Crippen LogP contribution in [0, 0.1) is 0 Å². The zero-order valence-electron chi connectivity index (χ0n) is 9.12. The number of nitrogens with zero attached hydrogens (tertiary/aromatic N) is 1. The Morgan fingerprint density at radius 2 is 2.53 bits per heavy atom. The number of aromatic nitrogens is 1. The molecule has 0 aliphatic rings. The monoisotopic (exact) mass is 253 g/mol. The number of hydrogen-bond donors (Lipinski definition) is 1. The lowest BCUT2D eigenvalue weighted by molar-refractivity contribution is -0.149. The van der Waals surface area contributed by atoms with E-state index in [9.17, 15) is 4.79 Å². The Morgan fingerprint density at radius 1 is 1.71 bits per heavy atom. The summed E-state index contributed by atoms with van der Waals surface area (Å²) in [6.45, 7) is 1.60. The molecule has 0 aliphatic heterocycles. The van der Waals surface area contributed by atoms with Crippen LogP contribution in [0.5, 0.6) is 0 Å². The average Bonchev–Trinajstić information content (AvgIpc) is 2.95. The van der Waals surface area contributed by atoms with Gasteiger partial charge in [0.2, 0.25) is 0 Å². The van der Waals surface area contributed by atoms with E-state index < -0.39 is 12.1 Å². The van der Waals surface area contributed by atoms with Gasteiger partial charge in [-0.25, -0.2) is 4.79 Å². The van der Waals surface area contributed by atoms with Crippen LogP contribution >= 0.6 is 11.3 Å². The molecule has 1 atom stereocenters. The minimum atomic E-state index is -0.994. The summed E-state index contributed by atoms with van der Waals surface area (Å²) in [5.41, 5.74) is 0.585. The van der Waals surface area contributed by atoms with E-state index in [1.807, 2.05) is 17.5 Å². The van der Waals surface area contributed by atoms with Crippen LogP contribution in [-0.4, -0.2) is 22.3 Å². The predicted molar refractivity (Wildman–Crippen MR) is 61.7 cm³/mol. The van der Waals surface area contributed by atoms with Crippen LogP contribution in [0.2, 0.25) is 0 Å². The summed E-state index contributed by atoms with van der Waals surface area (Å²) in [4.78, 5) is 11.5. The molecule has 0 unspecified atom stereocenters. The van der Waals surface area contributed by atoms with E-state index in [1.54, 1.807) is 17.4 Å². The van der Waals surface area contributed by atoms with E-state index in [4.69, 9.17) is 14.4 Å². The van der Waals surface area contributed by atoms with Gasteiger partial charge in [0.1, 0.15) is 5.69 Å². The van der Waals surface area contributed by atoms with E-state index in [1.165, 1.54) is 6.92 Å². The molecule has 2 aromatic rings. The fourth-order valence-electron chi connectivity index (χ4n) is 1.20. The van der Waals surface area contributed by atoms with Crippen molar-refractivity contribution < 1.29 is 19.2 Å². The Morgan fingerprint density at radius 3 is 3.18 bits per heavy atom. The molecular weight excluding hydrogens is 242 g/mol. The van der Waals surface area contributed by atoms with Gasteiger partial charge < -0.3 is 14.4 Å². The van der Waals surface area contributed by atoms with Gasteiger partial charge in [0.25, 0.3) is 0 Å². The van der Waals surface area contributed by atoms with Gasteiger partial charge in [0.15, 0.2) is 11.9 Å². The lowest BCUT2D eigenvalue weighted by atomic mass is 10.3. The summed E-state index contributed by atoms with van der Waals surface area (Å²) < 4.78 is 10.2. The lowest BCUT2D eigenvalue weighted by Gasteiger charge is -2.05. The third-order valence-corrected chi connectivity index (χ3v) is 3.04. The van der Waals surface area contributed by atoms with E-state index in [0.29, 0.717) is 11.5 Å². The first-order chi connectivity index (χ1) is 8.16. The summed E-state index contributed by atoms with van der Waals surface area (Å²) in [7, 11) is 0.